The van der Waals surface area contributed by atoms with Crippen molar-refractivity contribution in [3.8, 4) is 0 Å². The Balaban J connectivity index is 2.16. The van der Waals surface area contributed by atoms with Crippen molar-refractivity contribution in [3.63, 3.8) is 0 Å². The van der Waals surface area contributed by atoms with Gasteiger partial charge < -0.3 is 15.4 Å². The average Bonchev–Trinajstić information content (AvgIpc) is 2.33. The Morgan fingerprint density at radius 1 is 1.71 bits per heavy atom. The topological polar surface area (TPSA) is 51.4 Å². The molecule has 1 aliphatic rings. The molecule has 2 heterocycles. The number of hydrogen-bond acceptors (Lipinski definition) is 4. The highest BCUT2D eigenvalue weighted by molar-refractivity contribution is 9.10. The van der Waals surface area contributed by atoms with Crippen LogP contribution in [0.5, 0.6) is 0 Å². The minimum atomic E-state index is -0.176. The van der Waals surface area contributed by atoms with Gasteiger partial charge in [0, 0.05) is 17.2 Å². The van der Waals surface area contributed by atoms with Crippen LogP contribution in [-0.2, 0) is 4.74 Å². The van der Waals surface area contributed by atoms with Gasteiger partial charge in [0.1, 0.15) is 16.9 Å². The molecule has 17 heavy (non-hydrogen) atoms. The number of thiocarbonyl (C=S) groups is 1. The van der Waals surface area contributed by atoms with Crippen molar-refractivity contribution in [2.24, 2.45) is 5.73 Å². The highest BCUT2D eigenvalue weighted by Crippen LogP contribution is 2.21. The molecule has 2 N–H and O–H groups in total. The van der Waals surface area contributed by atoms with Gasteiger partial charge in [0.05, 0.1) is 13.2 Å². The van der Waals surface area contributed by atoms with Crippen LogP contribution in [0.4, 0.5) is 5.82 Å². The molecule has 0 amide bonds. The summed E-state index contributed by atoms with van der Waals surface area (Å²) in [5.74, 6) is 0.940. The predicted octanol–water partition coefficient (Wildman–Crippen LogP) is 1.64. The summed E-state index contributed by atoms with van der Waals surface area (Å²) in [5, 5.41) is 0. The maximum atomic E-state index is 5.61. The van der Waals surface area contributed by atoms with E-state index >= 15 is 0 Å². The molecule has 0 saturated carbocycles. The highest BCUT2D eigenvalue weighted by atomic mass is 79.9. The molecule has 1 aliphatic heterocycles. The molecule has 4 nitrogen and oxygen atoms in total. The molecular weight excluding hydrogens is 302 g/mol. The number of ether oxygens (including phenoxy) is 1. The number of halogens is 1. The van der Waals surface area contributed by atoms with Crippen LogP contribution in [0, 0.1) is 6.92 Å². The van der Waals surface area contributed by atoms with Crippen molar-refractivity contribution in [1.29, 1.82) is 0 Å². The van der Waals surface area contributed by atoms with Gasteiger partial charge in [-0.05, 0) is 34.5 Å². The van der Waals surface area contributed by atoms with E-state index in [2.05, 4.69) is 25.8 Å². The summed E-state index contributed by atoms with van der Waals surface area (Å²) >= 11 is 8.41. The molecule has 92 valence electrons. The van der Waals surface area contributed by atoms with Gasteiger partial charge in [0.25, 0.3) is 0 Å². The van der Waals surface area contributed by atoms with Gasteiger partial charge in [-0.2, -0.15) is 0 Å². The zero-order valence-corrected chi connectivity index (χ0v) is 11.9. The van der Waals surface area contributed by atoms with Crippen molar-refractivity contribution >= 4 is 39.0 Å². The molecule has 1 fully saturated rings. The molecule has 0 spiro atoms. The summed E-state index contributed by atoms with van der Waals surface area (Å²) in [6.07, 6.45) is 1.64. The number of aromatic nitrogens is 1. The van der Waals surface area contributed by atoms with Crippen molar-refractivity contribution in [3.05, 3.63) is 22.3 Å². The fraction of sp³-hybridized carbons (Fsp3) is 0.455. The van der Waals surface area contributed by atoms with Gasteiger partial charge in [-0.15, -0.1) is 0 Å². The number of morpholine rings is 1. The van der Waals surface area contributed by atoms with Crippen LogP contribution in [0.2, 0.25) is 0 Å². The summed E-state index contributed by atoms with van der Waals surface area (Å²) in [7, 11) is 0. The molecule has 0 bridgehead atoms. The Bertz CT molecular complexity index is 441. The summed E-state index contributed by atoms with van der Waals surface area (Å²) < 4.78 is 6.51. The van der Waals surface area contributed by atoms with Gasteiger partial charge in [-0.1, -0.05) is 12.2 Å². The fourth-order valence-corrected chi connectivity index (χ4v) is 2.09. The van der Waals surface area contributed by atoms with Gasteiger partial charge in [-0.25, -0.2) is 4.98 Å². The number of hydrogen-bond donors (Lipinski definition) is 1. The standard InChI is InChI=1S/C11H14BrN3OS/c1-7-4-10(14-5-8(7)12)15-2-3-16-9(6-15)11(13)17/h4-5,9H,2-3,6H2,1H3,(H2,13,17). The van der Waals surface area contributed by atoms with Gasteiger partial charge >= 0.3 is 0 Å². The Hall–Kier alpha value is -0.720. The third-order valence-corrected chi connectivity index (χ3v) is 3.83. The zero-order chi connectivity index (χ0) is 12.4. The van der Waals surface area contributed by atoms with Crippen LogP contribution in [0.1, 0.15) is 5.56 Å². The normalized spacial score (nSPS) is 20.4. The smallest absolute Gasteiger partial charge is 0.128 e. The number of nitrogens with two attached hydrogens (primary N) is 1. The zero-order valence-electron chi connectivity index (χ0n) is 9.52. The summed E-state index contributed by atoms with van der Waals surface area (Å²) in [4.78, 5) is 6.95. The van der Waals surface area contributed by atoms with Crippen LogP contribution in [0.3, 0.4) is 0 Å². The Labute approximate surface area is 114 Å². The van der Waals surface area contributed by atoms with Gasteiger partial charge in [-0.3, -0.25) is 0 Å². The number of anilines is 1. The summed E-state index contributed by atoms with van der Waals surface area (Å²) in [6, 6.07) is 2.05. The summed E-state index contributed by atoms with van der Waals surface area (Å²) in [5.41, 5.74) is 6.77. The maximum absolute atomic E-state index is 5.61. The largest absolute Gasteiger partial charge is 0.391 e. The third-order valence-electron chi connectivity index (χ3n) is 2.74. The fourth-order valence-electron chi connectivity index (χ4n) is 1.73. The molecule has 1 saturated heterocycles. The molecule has 1 aromatic rings. The van der Waals surface area contributed by atoms with Gasteiger partial charge in [0.2, 0.25) is 0 Å². The molecule has 0 aliphatic carbocycles. The molecule has 1 atom stereocenters. The molecule has 0 aromatic carbocycles. The van der Waals surface area contributed by atoms with Crippen molar-refractivity contribution < 1.29 is 4.74 Å². The van der Waals surface area contributed by atoms with Crippen LogP contribution in [0.25, 0.3) is 0 Å². The van der Waals surface area contributed by atoms with Crippen LogP contribution in [0.15, 0.2) is 16.7 Å². The van der Waals surface area contributed by atoms with E-state index < -0.39 is 0 Å². The van der Waals surface area contributed by atoms with Gasteiger partial charge in [0.15, 0.2) is 0 Å². The van der Waals surface area contributed by atoms with E-state index in [1.165, 1.54) is 0 Å². The minimum absolute atomic E-state index is 0.176. The highest BCUT2D eigenvalue weighted by Gasteiger charge is 2.23. The molecule has 1 unspecified atom stereocenters. The maximum Gasteiger partial charge on any atom is 0.128 e. The van der Waals surface area contributed by atoms with E-state index in [0.29, 0.717) is 18.1 Å². The van der Waals surface area contributed by atoms with Crippen molar-refractivity contribution in [2.75, 3.05) is 24.6 Å². The molecular formula is C11H14BrN3OS. The average molecular weight is 316 g/mol. The molecule has 1 aromatic heterocycles. The second kappa shape index (κ2) is 5.29. The lowest BCUT2D eigenvalue weighted by atomic mass is 10.2. The summed E-state index contributed by atoms with van der Waals surface area (Å²) in [6.45, 7) is 4.15. The van der Waals surface area contributed by atoms with E-state index in [1.807, 2.05) is 19.2 Å². The molecule has 0 radical (unpaired) electrons. The van der Waals surface area contributed by atoms with Crippen molar-refractivity contribution in [2.45, 2.75) is 13.0 Å². The van der Waals surface area contributed by atoms with E-state index in [4.69, 9.17) is 22.7 Å². The Morgan fingerprint density at radius 3 is 3.12 bits per heavy atom. The monoisotopic (exact) mass is 315 g/mol. The Kier molecular flexibility index (Phi) is 3.96. The Morgan fingerprint density at radius 2 is 2.47 bits per heavy atom. The number of nitrogens with zero attached hydrogens (tertiary/aromatic N) is 2. The first-order valence-electron chi connectivity index (χ1n) is 5.36. The van der Waals surface area contributed by atoms with E-state index in [9.17, 15) is 0 Å². The van der Waals surface area contributed by atoms with E-state index in [0.717, 1.165) is 22.4 Å². The SMILES string of the molecule is Cc1cc(N2CCOC(C(N)=S)C2)ncc1Br. The lowest BCUT2D eigenvalue weighted by Gasteiger charge is -2.33. The lowest BCUT2D eigenvalue weighted by molar-refractivity contribution is 0.0844. The first-order chi connectivity index (χ1) is 8.08. The van der Waals surface area contributed by atoms with Crippen molar-refractivity contribution in [1.82, 2.24) is 4.98 Å². The first kappa shape index (κ1) is 12.7. The number of pyridine rings is 1. The second-order valence-electron chi connectivity index (χ2n) is 4.00. The van der Waals surface area contributed by atoms with E-state index in [1.54, 1.807) is 0 Å². The minimum Gasteiger partial charge on any atom is -0.391 e. The third kappa shape index (κ3) is 2.94. The van der Waals surface area contributed by atoms with Crippen LogP contribution >= 0.6 is 28.1 Å². The van der Waals surface area contributed by atoms with Crippen LogP contribution < -0.4 is 10.6 Å². The molecule has 2 rings (SSSR count). The quantitative estimate of drug-likeness (QED) is 0.841. The van der Waals surface area contributed by atoms with E-state index in [-0.39, 0.29) is 6.10 Å². The molecule has 6 heteroatoms. The number of aryl methyl sites for hydroxylation is 1. The lowest BCUT2D eigenvalue weighted by Crippen LogP contribution is -2.48. The predicted molar refractivity (Wildman–Crippen MR) is 75.4 cm³/mol. The second-order valence-corrected chi connectivity index (χ2v) is 5.33. The number of rotatable bonds is 2. The van der Waals surface area contributed by atoms with Crippen LogP contribution in [-0.4, -0.2) is 35.8 Å². The first-order valence-corrected chi connectivity index (χ1v) is 6.56.